The van der Waals surface area contributed by atoms with E-state index in [1.807, 2.05) is 42.6 Å². The molecule has 0 unspecified atom stereocenters. The number of pyridine rings is 1. The van der Waals surface area contributed by atoms with Crippen LogP contribution in [0.4, 0.5) is 5.82 Å². The summed E-state index contributed by atoms with van der Waals surface area (Å²) in [4.78, 5) is 22.7. The summed E-state index contributed by atoms with van der Waals surface area (Å²) in [6.07, 6.45) is 4.43. The SMILES string of the molecule is c1ccc(-c2nc(NCCc3ccc4nc[nH]c4c3)c3sc4ncccc4c3n2)cc1. The molecular weight excluding hydrogens is 404 g/mol. The lowest BCUT2D eigenvalue weighted by Crippen LogP contribution is -2.07. The number of hydrogen-bond donors (Lipinski definition) is 2. The monoisotopic (exact) mass is 422 g/mol. The average molecular weight is 423 g/mol. The van der Waals surface area contributed by atoms with Gasteiger partial charge in [-0.25, -0.2) is 19.9 Å². The third-order valence-electron chi connectivity index (χ3n) is 5.31. The molecular formula is C24H18N6S. The first-order valence-electron chi connectivity index (χ1n) is 10.1. The number of hydrogen-bond acceptors (Lipinski definition) is 6. The highest BCUT2D eigenvalue weighted by Crippen LogP contribution is 2.36. The van der Waals surface area contributed by atoms with Gasteiger partial charge in [0.25, 0.3) is 0 Å². The Hall–Kier alpha value is -3.84. The summed E-state index contributed by atoms with van der Waals surface area (Å²) >= 11 is 1.63. The zero-order chi connectivity index (χ0) is 20.6. The topological polar surface area (TPSA) is 79.4 Å². The lowest BCUT2D eigenvalue weighted by atomic mass is 10.1. The van der Waals surface area contributed by atoms with Gasteiger partial charge in [-0.15, -0.1) is 11.3 Å². The summed E-state index contributed by atoms with van der Waals surface area (Å²) in [6, 6.07) is 20.5. The Morgan fingerprint density at radius 1 is 0.935 bits per heavy atom. The van der Waals surface area contributed by atoms with E-state index in [4.69, 9.17) is 9.97 Å². The van der Waals surface area contributed by atoms with Crippen LogP contribution in [0.2, 0.25) is 0 Å². The van der Waals surface area contributed by atoms with Gasteiger partial charge in [0.15, 0.2) is 5.82 Å². The third-order valence-corrected chi connectivity index (χ3v) is 6.42. The summed E-state index contributed by atoms with van der Waals surface area (Å²) in [5, 5.41) is 4.62. The number of fused-ring (bicyclic) bond motifs is 4. The Morgan fingerprint density at radius 2 is 1.87 bits per heavy atom. The lowest BCUT2D eigenvalue weighted by Gasteiger charge is -2.09. The van der Waals surface area contributed by atoms with Gasteiger partial charge in [0, 0.05) is 23.7 Å². The summed E-state index contributed by atoms with van der Waals surface area (Å²) in [6.45, 7) is 0.766. The fourth-order valence-corrected chi connectivity index (χ4v) is 4.83. The molecule has 6 nitrogen and oxygen atoms in total. The number of H-pyrrole nitrogens is 1. The molecule has 2 N–H and O–H groups in total. The first-order valence-corrected chi connectivity index (χ1v) is 10.9. The van der Waals surface area contributed by atoms with Crippen molar-refractivity contribution < 1.29 is 0 Å². The van der Waals surface area contributed by atoms with E-state index in [1.165, 1.54) is 5.56 Å². The van der Waals surface area contributed by atoms with Crippen LogP contribution in [-0.2, 0) is 6.42 Å². The zero-order valence-corrected chi connectivity index (χ0v) is 17.4. The van der Waals surface area contributed by atoms with Crippen LogP contribution in [0.25, 0.3) is 42.9 Å². The van der Waals surface area contributed by atoms with Crippen molar-refractivity contribution >= 4 is 48.6 Å². The second-order valence-corrected chi connectivity index (χ2v) is 8.33. The number of aromatic amines is 1. The van der Waals surface area contributed by atoms with Crippen LogP contribution < -0.4 is 5.32 Å². The Morgan fingerprint density at radius 3 is 2.81 bits per heavy atom. The predicted octanol–water partition coefficient (Wildman–Crippen LogP) is 5.44. The molecule has 4 aromatic heterocycles. The van der Waals surface area contributed by atoms with E-state index < -0.39 is 0 Å². The standard InChI is InChI=1S/C24H18N6S/c1-2-5-16(6-3-1)22-29-20-17-7-4-11-26-24(17)31-21(20)23(30-22)25-12-10-15-8-9-18-19(13-15)28-14-27-18/h1-9,11,13-14H,10,12H2,(H,27,28)(H,25,29,30). The van der Waals surface area contributed by atoms with Crippen LogP contribution in [0.3, 0.4) is 0 Å². The molecule has 0 aliphatic heterocycles. The molecule has 4 heterocycles. The van der Waals surface area contributed by atoms with Crippen molar-refractivity contribution in [2.75, 3.05) is 11.9 Å². The minimum Gasteiger partial charge on any atom is -0.368 e. The van der Waals surface area contributed by atoms with Crippen molar-refractivity contribution in [3.05, 3.63) is 78.8 Å². The van der Waals surface area contributed by atoms with Crippen molar-refractivity contribution in [1.29, 1.82) is 0 Å². The summed E-state index contributed by atoms with van der Waals surface area (Å²) in [5.41, 5.74) is 5.24. The molecule has 0 spiro atoms. The molecule has 6 rings (SSSR count). The Balaban J connectivity index is 1.37. The number of imidazole rings is 1. The maximum atomic E-state index is 4.90. The van der Waals surface area contributed by atoms with E-state index in [0.29, 0.717) is 0 Å². The molecule has 0 radical (unpaired) electrons. The molecule has 0 saturated heterocycles. The largest absolute Gasteiger partial charge is 0.368 e. The number of benzene rings is 2. The van der Waals surface area contributed by atoms with Gasteiger partial charge in [0.05, 0.1) is 27.6 Å². The van der Waals surface area contributed by atoms with Crippen LogP contribution in [0.15, 0.2) is 73.2 Å². The second-order valence-electron chi connectivity index (χ2n) is 7.33. The third kappa shape index (κ3) is 3.29. The summed E-state index contributed by atoms with van der Waals surface area (Å²) in [5.74, 6) is 1.58. The van der Waals surface area contributed by atoms with Crippen molar-refractivity contribution in [1.82, 2.24) is 24.9 Å². The molecule has 0 aliphatic carbocycles. The molecule has 0 bridgehead atoms. The van der Waals surface area contributed by atoms with Crippen LogP contribution in [0.1, 0.15) is 5.56 Å². The first kappa shape index (κ1) is 18.0. The average Bonchev–Trinajstić information content (AvgIpc) is 3.44. The molecule has 0 aliphatic rings. The second kappa shape index (κ2) is 7.45. The number of nitrogens with one attached hydrogen (secondary N) is 2. The van der Waals surface area contributed by atoms with Crippen LogP contribution in [0, 0.1) is 0 Å². The Kier molecular flexibility index (Phi) is 4.32. The van der Waals surface area contributed by atoms with Crippen molar-refractivity contribution in [3.8, 4) is 11.4 Å². The van der Waals surface area contributed by atoms with Crippen molar-refractivity contribution in [3.63, 3.8) is 0 Å². The smallest absolute Gasteiger partial charge is 0.162 e. The maximum Gasteiger partial charge on any atom is 0.162 e. The van der Waals surface area contributed by atoms with Gasteiger partial charge in [0.1, 0.15) is 10.6 Å². The highest BCUT2D eigenvalue weighted by atomic mass is 32.1. The molecule has 0 saturated carbocycles. The number of rotatable bonds is 5. The van der Waals surface area contributed by atoms with Gasteiger partial charge in [-0.3, -0.25) is 0 Å². The summed E-state index contributed by atoms with van der Waals surface area (Å²) < 4.78 is 1.04. The van der Waals surface area contributed by atoms with Gasteiger partial charge < -0.3 is 10.3 Å². The minimum atomic E-state index is 0.720. The molecule has 0 atom stereocenters. The minimum absolute atomic E-state index is 0.720. The number of thiophene rings is 1. The Labute approximate surface area is 182 Å². The quantitative estimate of drug-likeness (QED) is 0.387. The van der Waals surface area contributed by atoms with Crippen LogP contribution >= 0.6 is 11.3 Å². The van der Waals surface area contributed by atoms with Crippen molar-refractivity contribution in [2.45, 2.75) is 6.42 Å². The van der Waals surface area contributed by atoms with E-state index in [2.05, 4.69) is 44.5 Å². The molecule has 150 valence electrons. The Bertz CT molecular complexity index is 1520. The highest BCUT2D eigenvalue weighted by molar-refractivity contribution is 7.25. The van der Waals surface area contributed by atoms with Crippen LogP contribution in [-0.4, -0.2) is 31.5 Å². The predicted molar refractivity (Wildman–Crippen MR) is 126 cm³/mol. The summed E-state index contributed by atoms with van der Waals surface area (Å²) in [7, 11) is 0. The van der Waals surface area contributed by atoms with E-state index >= 15 is 0 Å². The zero-order valence-electron chi connectivity index (χ0n) is 16.5. The lowest BCUT2D eigenvalue weighted by molar-refractivity contribution is 1.01. The van der Waals surface area contributed by atoms with E-state index in [1.54, 1.807) is 17.7 Å². The normalized spacial score (nSPS) is 11.5. The fraction of sp³-hybridized carbons (Fsp3) is 0.0833. The van der Waals surface area contributed by atoms with Gasteiger partial charge in [-0.2, -0.15) is 0 Å². The molecule has 2 aromatic carbocycles. The maximum absolute atomic E-state index is 4.90. The molecule has 0 amide bonds. The van der Waals surface area contributed by atoms with Crippen LogP contribution in [0.5, 0.6) is 0 Å². The van der Waals surface area contributed by atoms with Crippen molar-refractivity contribution in [2.24, 2.45) is 0 Å². The van der Waals surface area contributed by atoms with Gasteiger partial charge in [-0.1, -0.05) is 36.4 Å². The number of anilines is 1. The fourth-order valence-electron chi connectivity index (χ4n) is 3.78. The number of aromatic nitrogens is 5. The van der Waals surface area contributed by atoms with Gasteiger partial charge in [-0.05, 0) is 36.2 Å². The molecule has 31 heavy (non-hydrogen) atoms. The van der Waals surface area contributed by atoms with Gasteiger partial charge in [0.2, 0.25) is 0 Å². The van der Waals surface area contributed by atoms with E-state index in [9.17, 15) is 0 Å². The van der Waals surface area contributed by atoms with E-state index in [0.717, 1.165) is 61.6 Å². The molecule has 7 heteroatoms. The number of nitrogens with zero attached hydrogens (tertiary/aromatic N) is 4. The molecule has 6 aromatic rings. The highest BCUT2D eigenvalue weighted by Gasteiger charge is 2.15. The van der Waals surface area contributed by atoms with E-state index in [-0.39, 0.29) is 0 Å². The van der Waals surface area contributed by atoms with Gasteiger partial charge >= 0.3 is 0 Å². The first-order chi connectivity index (χ1) is 15.3. The molecule has 0 fully saturated rings.